The molecule has 0 aromatic heterocycles. The van der Waals surface area contributed by atoms with Crippen molar-refractivity contribution in [2.45, 2.75) is 6.18 Å². The molecule has 0 unspecified atom stereocenters. The Morgan fingerprint density at radius 1 is 1.03 bits per heavy atom. The molecular formula is C21H22F3N3O3. The quantitative estimate of drug-likeness (QED) is 0.806. The fourth-order valence-corrected chi connectivity index (χ4v) is 3.28. The molecule has 1 saturated heterocycles. The van der Waals surface area contributed by atoms with Crippen molar-refractivity contribution in [3.05, 3.63) is 59.7 Å². The minimum absolute atomic E-state index is 0.0482. The van der Waals surface area contributed by atoms with Crippen LogP contribution in [-0.4, -0.2) is 61.4 Å². The predicted octanol–water partition coefficient (Wildman–Crippen LogP) is 3.11. The Balaban J connectivity index is 1.54. The third-order valence-corrected chi connectivity index (χ3v) is 4.85. The van der Waals surface area contributed by atoms with Crippen molar-refractivity contribution in [3.8, 4) is 5.75 Å². The molecular weight excluding hydrogens is 399 g/mol. The second-order valence-electron chi connectivity index (χ2n) is 6.89. The minimum atomic E-state index is -4.55. The molecule has 3 rings (SSSR count). The van der Waals surface area contributed by atoms with Crippen LogP contribution in [0.4, 0.5) is 18.9 Å². The van der Waals surface area contributed by atoms with Gasteiger partial charge in [-0.1, -0.05) is 18.2 Å². The first-order chi connectivity index (χ1) is 14.3. The number of para-hydroxylation sites is 1. The summed E-state index contributed by atoms with van der Waals surface area (Å²) in [5.41, 5.74) is -0.627. The molecule has 6 nitrogen and oxygen atoms in total. The van der Waals surface area contributed by atoms with Gasteiger partial charge < -0.3 is 15.0 Å². The smallest absolute Gasteiger partial charge is 0.418 e. The number of piperazine rings is 1. The summed E-state index contributed by atoms with van der Waals surface area (Å²) >= 11 is 0. The number of carbonyl (C=O) groups excluding carboxylic acids is 2. The van der Waals surface area contributed by atoms with Crippen LogP contribution in [0.2, 0.25) is 0 Å². The van der Waals surface area contributed by atoms with E-state index in [0.717, 1.165) is 6.07 Å². The van der Waals surface area contributed by atoms with Crippen molar-refractivity contribution in [1.82, 2.24) is 9.80 Å². The Morgan fingerprint density at radius 2 is 1.73 bits per heavy atom. The highest BCUT2D eigenvalue weighted by Crippen LogP contribution is 2.34. The van der Waals surface area contributed by atoms with Gasteiger partial charge in [-0.25, -0.2) is 0 Å². The van der Waals surface area contributed by atoms with Gasteiger partial charge in [-0.05, 0) is 30.3 Å². The number of halogens is 3. The molecule has 1 aliphatic heterocycles. The van der Waals surface area contributed by atoms with Crippen molar-refractivity contribution in [2.75, 3.05) is 45.2 Å². The van der Waals surface area contributed by atoms with E-state index in [4.69, 9.17) is 4.74 Å². The van der Waals surface area contributed by atoms with Gasteiger partial charge in [-0.2, -0.15) is 13.2 Å². The van der Waals surface area contributed by atoms with Crippen LogP contribution < -0.4 is 10.1 Å². The number of carbonyl (C=O) groups is 2. The molecule has 9 heteroatoms. The fourth-order valence-electron chi connectivity index (χ4n) is 3.28. The predicted molar refractivity (Wildman–Crippen MR) is 105 cm³/mol. The van der Waals surface area contributed by atoms with E-state index < -0.39 is 17.6 Å². The SMILES string of the molecule is COc1cccc(C(=O)N2CCN(CC(=O)Nc3ccccc3C(F)(F)F)CC2)c1. The Morgan fingerprint density at radius 3 is 2.40 bits per heavy atom. The number of benzene rings is 2. The highest BCUT2D eigenvalue weighted by Gasteiger charge is 2.33. The second-order valence-corrected chi connectivity index (χ2v) is 6.89. The fraction of sp³-hybridized carbons (Fsp3) is 0.333. The lowest BCUT2D eigenvalue weighted by Crippen LogP contribution is -2.50. The van der Waals surface area contributed by atoms with E-state index in [9.17, 15) is 22.8 Å². The highest BCUT2D eigenvalue weighted by molar-refractivity contribution is 5.95. The van der Waals surface area contributed by atoms with E-state index in [0.29, 0.717) is 37.5 Å². The molecule has 0 atom stereocenters. The van der Waals surface area contributed by atoms with Gasteiger partial charge in [0.15, 0.2) is 0 Å². The third kappa shape index (κ3) is 5.29. The molecule has 1 fully saturated rings. The summed E-state index contributed by atoms with van der Waals surface area (Å²) in [5.74, 6) is -0.0633. The first-order valence-corrected chi connectivity index (χ1v) is 9.39. The average molecular weight is 421 g/mol. The van der Waals surface area contributed by atoms with Crippen molar-refractivity contribution >= 4 is 17.5 Å². The molecule has 1 N–H and O–H groups in total. The highest BCUT2D eigenvalue weighted by atomic mass is 19.4. The normalized spacial score (nSPS) is 15.0. The van der Waals surface area contributed by atoms with Crippen molar-refractivity contribution in [1.29, 1.82) is 0 Å². The molecule has 0 radical (unpaired) electrons. The van der Waals surface area contributed by atoms with Crippen LogP contribution in [0.25, 0.3) is 0 Å². The van der Waals surface area contributed by atoms with Gasteiger partial charge in [0.25, 0.3) is 5.91 Å². The number of amides is 2. The largest absolute Gasteiger partial charge is 0.497 e. The number of anilines is 1. The van der Waals surface area contributed by atoms with Crippen LogP contribution in [0, 0.1) is 0 Å². The molecule has 1 aliphatic rings. The Hall–Kier alpha value is -3.07. The molecule has 1 heterocycles. The van der Waals surface area contributed by atoms with Gasteiger partial charge in [-0.3, -0.25) is 14.5 Å². The van der Waals surface area contributed by atoms with E-state index in [2.05, 4.69) is 5.32 Å². The standard InChI is InChI=1S/C21H22F3N3O3/c1-30-16-6-4-5-15(13-16)20(29)27-11-9-26(10-12-27)14-19(28)25-18-8-3-2-7-17(18)21(22,23)24/h2-8,13H,9-12,14H2,1H3,(H,25,28). The van der Waals surface area contributed by atoms with Gasteiger partial charge in [0, 0.05) is 31.7 Å². The monoisotopic (exact) mass is 421 g/mol. The number of hydrogen-bond donors (Lipinski definition) is 1. The summed E-state index contributed by atoms with van der Waals surface area (Å²) in [6.45, 7) is 1.69. The first kappa shape index (κ1) is 21.6. The molecule has 0 aliphatic carbocycles. The number of alkyl halides is 3. The topological polar surface area (TPSA) is 61.9 Å². The number of methoxy groups -OCH3 is 1. The third-order valence-electron chi connectivity index (χ3n) is 4.85. The molecule has 0 saturated carbocycles. The number of nitrogens with zero attached hydrogens (tertiary/aromatic N) is 2. The van der Waals surface area contributed by atoms with Crippen LogP contribution in [0.5, 0.6) is 5.75 Å². The van der Waals surface area contributed by atoms with Crippen LogP contribution in [0.15, 0.2) is 48.5 Å². The van der Waals surface area contributed by atoms with E-state index in [1.54, 1.807) is 34.1 Å². The van der Waals surface area contributed by atoms with Gasteiger partial charge in [-0.15, -0.1) is 0 Å². The lowest BCUT2D eigenvalue weighted by atomic mass is 10.1. The Kier molecular flexibility index (Phi) is 6.61. The lowest BCUT2D eigenvalue weighted by molar-refractivity contribution is -0.137. The van der Waals surface area contributed by atoms with Crippen molar-refractivity contribution in [3.63, 3.8) is 0 Å². The van der Waals surface area contributed by atoms with E-state index in [1.807, 2.05) is 0 Å². The van der Waals surface area contributed by atoms with Crippen LogP contribution in [0.1, 0.15) is 15.9 Å². The number of hydrogen-bond acceptors (Lipinski definition) is 4. The summed E-state index contributed by atoms with van der Waals surface area (Å²) in [6.07, 6.45) is -4.55. The average Bonchev–Trinajstić information content (AvgIpc) is 2.73. The van der Waals surface area contributed by atoms with E-state index in [-0.39, 0.29) is 18.1 Å². The molecule has 0 bridgehead atoms. The van der Waals surface area contributed by atoms with Gasteiger partial charge in [0.1, 0.15) is 5.75 Å². The molecule has 2 amide bonds. The van der Waals surface area contributed by atoms with Gasteiger partial charge in [0.2, 0.25) is 5.91 Å². The molecule has 2 aromatic carbocycles. The maximum Gasteiger partial charge on any atom is 0.418 e. The molecule has 30 heavy (non-hydrogen) atoms. The summed E-state index contributed by atoms with van der Waals surface area (Å²) in [4.78, 5) is 28.4. The summed E-state index contributed by atoms with van der Waals surface area (Å²) in [5, 5.41) is 2.34. The van der Waals surface area contributed by atoms with Gasteiger partial charge >= 0.3 is 6.18 Å². The first-order valence-electron chi connectivity index (χ1n) is 9.39. The van der Waals surface area contributed by atoms with E-state index >= 15 is 0 Å². The second kappa shape index (κ2) is 9.17. The molecule has 0 spiro atoms. The summed E-state index contributed by atoms with van der Waals surface area (Å²) in [7, 11) is 1.53. The number of rotatable bonds is 5. The minimum Gasteiger partial charge on any atom is -0.497 e. The van der Waals surface area contributed by atoms with E-state index in [1.165, 1.54) is 25.3 Å². The van der Waals surface area contributed by atoms with Crippen LogP contribution >= 0.6 is 0 Å². The zero-order valence-corrected chi connectivity index (χ0v) is 16.4. The maximum absolute atomic E-state index is 13.1. The summed E-state index contributed by atoms with van der Waals surface area (Å²) < 4.78 is 44.3. The Labute approximate surface area is 172 Å². The van der Waals surface area contributed by atoms with Crippen LogP contribution in [-0.2, 0) is 11.0 Å². The number of nitrogens with one attached hydrogen (secondary N) is 1. The van der Waals surface area contributed by atoms with Crippen molar-refractivity contribution < 1.29 is 27.5 Å². The van der Waals surface area contributed by atoms with Crippen LogP contribution in [0.3, 0.4) is 0 Å². The zero-order valence-electron chi connectivity index (χ0n) is 16.4. The Bertz CT molecular complexity index is 910. The number of ether oxygens (including phenoxy) is 1. The molecule has 2 aromatic rings. The lowest BCUT2D eigenvalue weighted by Gasteiger charge is -2.34. The zero-order chi connectivity index (χ0) is 21.7. The molecule has 160 valence electrons. The summed E-state index contributed by atoms with van der Waals surface area (Å²) in [6, 6.07) is 11.7. The maximum atomic E-state index is 13.1. The van der Waals surface area contributed by atoms with Gasteiger partial charge in [0.05, 0.1) is 24.9 Å². The van der Waals surface area contributed by atoms with Crippen molar-refractivity contribution in [2.24, 2.45) is 0 Å².